The Hall–Kier alpha value is -3.92. The second-order valence-corrected chi connectivity index (χ2v) is 14.1. The first-order valence-electron chi connectivity index (χ1n) is 14.4. The van der Waals surface area contributed by atoms with Gasteiger partial charge in [0.1, 0.15) is 12.3 Å². The number of nitro benzene ring substituents is 1. The molecule has 0 unspecified atom stereocenters. The van der Waals surface area contributed by atoms with Crippen LogP contribution in [0.2, 0.25) is 0 Å². The molecule has 0 heterocycles. The number of anilines is 2. The first-order chi connectivity index (χ1) is 20.1. The maximum atomic E-state index is 13.8. The summed E-state index contributed by atoms with van der Waals surface area (Å²) in [4.78, 5) is 23.9. The lowest BCUT2D eigenvalue weighted by Gasteiger charge is -2.57. The van der Waals surface area contributed by atoms with Crippen LogP contribution in [0.25, 0.3) is 0 Å². The van der Waals surface area contributed by atoms with Crippen LogP contribution in [0.1, 0.15) is 49.7 Å². The van der Waals surface area contributed by atoms with Gasteiger partial charge in [-0.3, -0.25) is 19.2 Å². The van der Waals surface area contributed by atoms with Crippen LogP contribution in [0.4, 0.5) is 17.1 Å². The van der Waals surface area contributed by atoms with E-state index >= 15 is 0 Å². The SMILES string of the molecule is COc1ccc(N(CC(=O)Nc2ccc(C34CC5CC(CC(C5)C3)C4)cc2)S(=O)(=O)c2ccc(C)c([N+](=O)[O-])c2)cc1. The smallest absolute Gasteiger partial charge is 0.273 e. The molecule has 7 rings (SSSR count). The number of carbonyl (C=O) groups is 1. The molecule has 0 radical (unpaired) electrons. The number of sulfonamides is 1. The predicted molar refractivity (Wildman–Crippen MR) is 160 cm³/mol. The van der Waals surface area contributed by atoms with Crippen LogP contribution < -0.4 is 14.4 Å². The zero-order valence-electron chi connectivity index (χ0n) is 23.8. The van der Waals surface area contributed by atoms with Crippen molar-refractivity contribution in [3.8, 4) is 5.75 Å². The lowest BCUT2D eigenvalue weighted by Crippen LogP contribution is -2.48. The van der Waals surface area contributed by atoms with E-state index in [0.29, 0.717) is 17.0 Å². The Bertz CT molecular complexity index is 1580. The van der Waals surface area contributed by atoms with E-state index in [9.17, 15) is 23.3 Å². The third-order valence-electron chi connectivity index (χ3n) is 9.43. The minimum absolute atomic E-state index is 0.228. The normalized spacial score (nSPS) is 24.3. The van der Waals surface area contributed by atoms with E-state index in [1.54, 1.807) is 12.1 Å². The number of hydrogen-bond donors (Lipinski definition) is 1. The molecule has 4 bridgehead atoms. The molecule has 0 spiro atoms. The molecular weight excluding hydrogens is 554 g/mol. The molecule has 0 saturated heterocycles. The average Bonchev–Trinajstić information content (AvgIpc) is 2.95. The fourth-order valence-corrected chi connectivity index (χ4v) is 9.28. The van der Waals surface area contributed by atoms with Gasteiger partial charge >= 0.3 is 0 Å². The lowest BCUT2D eigenvalue weighted by molar-refractivity contribution is -0.385. The fourth-order valence-electron chi connectivity index (χ4n) is 7.84. The van der Waals surface area contributed by atoms with E-state index in [1.165, 1.54) is 82.4 Å². The van der Waals surface area contributed by atoms with E-state index in [1.807, 2.05) is 12.1 Å². The van der Waals surface area contributed by atoms with Crippen molar-refractivity contribution in [2.24, 2.45) is 17.8 Å². The summed E-state index contributed by atoms with van der Waals surface area (Å²) < 4.78 is 33.8. The van der Waals surface area contributed by atoms with Gasteiger partial charge in [-0.2, -0.15) is 0 Å². The summed E-state index contributed by atoms with van der Waals surface area (Å²) in [5.74, 6) is 2.48. The number of carbonyl (C=O) groups excluding carboxylic acids is 1. The number of methoxy groups -OCH3 is 1. The Kier molecular flexibility index (Phi) is 7.21. The van der Waals surface area contributed by atoms with Gasteiger partial charge in [0.15, 0.2) is 0 Å². The highest BCUT2D eigenvalue weighted by Gasteiger charge is 2.51. The molecule has 4 fully saturated rings. The minimum atomic E-state index is -4.34. The van der Waals surface area contributed by atoms with Crippen molar-refractivity contribution in [3.63, 3.8) is 0 Å². The summed E-state index contributed by atoms with van der Waals surface area (Å²) in [6.07, 6.45) is 7.86. The van der Waals surface area contributed by atoms with E-state index in [2.05, 4.69) is 17.4 Å². The molecule has 3 aromatic rings. The first kappa shape index (κ1) is 28.2. The maximum absolute atomic E-state index is 13.8. The van der Waals surface area contributed by atoms with Crippen LogP contribution in [0.5, 0.6) is 5.75 Å². The summed E-state index contributed by atoms with van der Waals surface area (Å²) >= 11 is 0. The third-order valence-corrected chi connectivity index (χ3v) is 11.2. The molecule has 220 valence electrons. The summed E-state index contributed by atoms with van der Waals surface area (Å²) in [7, 11) is -2.84. The number of ether oxygens (including phenoxy) is 1. The fraction of sp³-hybridized carbons (Fsp3) is 0.406. The van der Waals surface area contributed by atoms with Crippen molar-refractivity contribution in [1.82, 2.24) is 0 Å². The highest BCUT2D eigenvalue weighted by atomic mass is 32.2. The molecule has 3 aromatic carbocycles. The second kappa shape index (κ2) is 10.7. The van der Waals surface area contributed by atoms with Crippen molar-refractivity contribution in [3.05, 3.63) is 88.0 Å². The summed E-state index contributed by atoms with van der Waals surface area (Å²) in [5.41, 5.74) is 2.42. The maximum Gasteiger partial charge on any atom is 0.273 e. The monoisotopic (exact) mass is 589 g/mol. The summed E-state index contributed by atoms with van der Waals surface area (Å²) in [6.45, 7) is 1.02. The predicted octanol–water partition coefficient (Wildman–Crippen LogP) is 6.21. The average molecular weight is 590 g/mol. The van der Waals surface area contributed by atoms with Gasteiger partial charge in [-0.25, -0.2) is 8.42 Å². The standard InChI is InChI=1S/C32H35N3O6S/c1-21-3-12-29(16-30(21)35(37)38)42(39,40)34(27-8-10-28(41-2)11-9-27)20-31(36)33-26-6-4-25(5-7-26)32-17-22-13-23(18-32)15-24(14-22)19-32/h3-12,16,22-24H,13-15,17-20H2,1-2H3,(H,33,36). The number of hydrogen-bond acceptors (Lipinski definition) is 6. The van der Waals surface area contributed by atoms with Gasteiger partial charge < -0.3 is 10.1 Å². The molecular formula is C32H35N3O6S. The van der Waals surface area contributed by atoms with Crippen LogP contribution in [0, 0.1) is 34.8 Å². The van der Waals surface area contributed by atoms with Gasteiger partial charge in [0.2, 0.25) is 5.91 Å². The van der Waals surface area contributed by atoms with Crippen LogP contribution >= 0.6 is 0 Å². The van der Waals surface area contributed by atoms with Crippen molar-refractivity contribution in [2.45, 2.75) is 55.8 Å². The highest BCUT2D eigenvalue weighted by Crippen LogP contribution is 2.60. The van der Waals surface area contributed by atoms with Crippen LogP contribution in [-0.4, -0.2) is 32.9 Å². The Balaban J connectivity index is 1.24. The van der Waals surface area contributed by atoms with Crippen LogP contribution in [0.15, 0.2) is 71.6 Å². The molecule has 9 nitrogen and oxygen atoms in total. The quantitative estimate of drug-likeness (QED) is 0.234. The number of nitrogens with one attached hydrogen (secondary N) is 1. The molecule has 4 saturated carbocycles. The van der Waals surface area contributed by atoms with Gasteiger partial charge in [-0.15, -0.1) is 0 Å². The zero-order chi connectivity index (χ0) is 29.6. The van der Waals surface area contributed by atoms with E-state index in [4.69, 9.17) is 4.74 Å². The van der Waals surface area contributed by atoms with Crippen LogP contribution in [0.3, 0.4) is 0 Å². The van der Waals surface area contributed by atoms with E-state index in [-0.39, 0.29) is 21.7 Å². The van der Waals surface area contributed by atoms with Gasteiger partial charge in [-0.1, -0.05) is 18.2 Å². The molecule has 4 aliphatic carbocycles. The van der Waals surface area contributed by atoms with Crippen molar-refractivity contribution >= 4 is 33.0 Å². The Morgan fingerprint density at radius 1 is 0.976 bits per heavy atom. The van der Waals surface area contributed by atoms with Crippen molar-refractivity contribution in [2.75, 3.05) is 23.3 Å². The molecule has 1 N–H and O–H groups in total. The second-order valence-electron chi connectivity index (χ2n) is 12.2. The van der Waals surface area contributed by atoms with Gasteiger partial charge in [0.25, 0.3) is 15.7 Å². The third kappa shape index (κ3) is 5.24. The zero-order valence-corrected chi connectivity index (χ0v) is 24.6. The Morgan fingerprint density at radius 3 is 2.12 bits per heavy atom. The minimum Gasteiger partial charge on any atom is -0.497 e. The number of amides is 1. The molecule has 1 amide bonds. The highest BCUT2D eigenvalue weighted by molar-refractivity contribution is 7.92. The number of benzene rings is 3. The van der Waals surface area contributed by atoms with Gasteiger partial charge in [-0.05, 0) is 117 Å². The number of aryl methyl sites for hydroxylation is 1. The van der Waals surface area contributed by atoms with Crippen molar-refractivity contribution < 1.29 is 22.9 Å². The first-order valence-corrected chi connectivity index (χ1v) is 15.8. The number of rotatable bonds is 9. The van der Waals surface area contributed by atoms with Crippen molar-refractivity contribution in [1.29, 1.82) is 0 Å². The number of nitro groups is 1. The molecule has 0 aromatic heterocycles. The van der Waals surface area contributed by atoms with E-state index < -0.39 is 27.4 Å². The van der Waals surface area contributed by atoms with E-state index in [0.717, 1.165) is 28.1 Å². The Morgan fingerprint density at radius 2 is 1.57 bits per heavy atom. The molecule has 4 aliphatic rings. The Labute approximate surface area is 246 Å². The lowest BCUT2D eigenvalue weighted by atomic mass is 9.48. The molecule has 42 heavy (non-hydrogen) atoms. The molecule has 0 aliphatic heterocycles. The summed E-state index contributed by atoms with van der Waals surface area (Å²) in [5, 5.41) is 14.4. The molecule has 10 heteroatoms. The number of nitrogens with zero attached hydrogens (tertiary/aromatic N) is 2. The van der Waals surface area contributed by atoms with Crippen LogP contribution in [-0.2, 0) is 20.2 Å². The van der Waals surface area contributed by atoms with Gasteiger partial charge in [0.05, 0.1) is 22.6 Å². The largest absolute Gasteiger partial charge is 0.497 e. The molecule has 0 atom stereocenters. The topological polar surface area (TPSA) is 119 Å². The van der Waals surface area contributed by atoms with Gasteiger partial charge in [0, 0.05) is 17.3 Å². The summed E-state index contributed by atoms with van der Waals surface area (Å²) in [6, 6.07) is 18.0.